The number of carbonyl (C=O) groups is 1. The SMILES string of the molecule is CCCN(CCC)c1cc(Cl)nc(SCC(=O)NCCN(C)C)n1. The van der Waals surface area contributed by atoms with Crippen LogP contribution < -0.4 is 10.2 Å². The molecule has 136 valence electrons. The molecule has 1 aromatic heterocycles. The van der Waals surface area contributed by atoms with Gasteiger partial charge in [0.25, 0.3) is 0 Å². The van der Waals surface area contributed by atoms with E-state index < -0.39 is 0 Å². The van der Waals surface area contributed by atoms with Gasteiger partial charge < -0.3 is 15.1 Å². The third-order valence-electron chi connectivity index (χ3n) is 3.19. The molecule has 0 aliphatic carbocycles. The van der Waals surface area contributed by atoms with Crippen molar-refractivity contribution in [2.24, 2.45) is 0 Å². The van der Waals surface area contributed by atoms with Crippen LogP contribution in [0.2, 0.25) is 5.15 Å². The van der Waals surface area contributed by atoms with E-state index in [9.17, 15) is 4.79 Å². The van der Waals surface area contributed by atoms with E-state index in [1.165, 1.54) is 11.8 Å². The van der Waals surface area contributed by atoms with Crippen molar-refractivity contribution in [2.45, 2.75) is 31.8 Å². The number of nitrogens with zero attached hydrogens (tertiary/aromatic N) is 4. The van der Waals surface area contributed by atoms with Crippen LogP contribution in [-0.4, -0.2) is 66.8 Å². The molecule has 24 heavy (non-hydrogen) atoms. The lowest BCUT2D eigenvalue weighted by Crippen LogP contribution is -2.32. The van der Waals surface area contributed by atoms with E-state index in [1.54, 1.807) is 6.07 Å². The maximum atomic E-state index is 11.9. The van der Waals surface area contributed by atoms with E-state index in [4.69, 9.17) is 11.6 Å². The first-order valence-electron chi connectivity index (χ1n) is 8.30. The first-order chi connectivity index (χ1) is 11.5. The Hall–Kier alpha value is -1.05. The zero-order valence-electron chi connectivity index (χ0n) is 15.0. The summed E-state index contributed by atoms with van der Waals surface area (Å²) >= 11 is 7.44. The summed E-state index contributed by atoms with van der Waals surface area (Å²) in [5, 5.41) is 3.83. The third kappa shape index (κ3) is 8.17. The number of nitrogens with one attached hydrogen (secondary N) is 1. The van der Waals surface area contributed by atoms with Gasteiger partial charge in [-0.2, -0.15) is 0 Å². The summed E-state index contributed by atoms with van der Waals surface area (Å²) in [5.74, 6) is 1.09. The molecule has 1 N–H and O–H groups in total. The van der Waals surface area contributed by atoms with Crippen LogP contribution in [0, 0.1) is 0 Å². The normalized spacial score (nSPS) is 10.9. The molecule has 0 fully saturated rings. The molecule has 0 aliphatic rings. The number of hydrogen-bond acceptors (Lipinski definition) is 6. The summed E-state index contributed by atoms with van der Waals surface area (Å²) in [5.41, 5.74) is 0. The van der Waals surface area contributed by atoms with E-state index in [1.807, 2.05) is 19.0 Å². The molecular formula is C16H28ClN5OS. The molecule has 0 bridgehead atoms. The van der Waals surface area contributed by atoms with Crippen LogP contribution in [-0.2, 0) is 4.79 Å². The molecule has 0 saturated carbocycles. The van der Waals surface area contributed by atoms with Gasteiger partial charge in [0.1, 0.15) is 11.0 Å². The average molecular weight is 374 g/mol. The highest BCUT2D eigenvalue weighted by Gasteiger charge is 2.12. The maximum absolute atomic E-state index is 11.9. The molecular weight excluding hydrogens is 346 g/mol. The Morgan fingerprint density at radius 1 is 1.21 bits per heavy atom. The minimum atomic E-state index is -0.0223. The molecule has 0 radical (unpaired) electrons. The second-order valence-electron chi connectivity index (χ2n) is 5.76. The molecule has 1 aromatic rings. The van der Waals surface area contributed by atoms with Crippen molar-refractivity contribution in [3.05, 3.63) is 11.2 Å². The third-order valence-corrected chi connectivity index (χ3v) is 4.23. The van der Waals surface area contributed by atoms with Crippen LogP contribution in [0.15, 0.2) is 11.2 Å². The standard InChI is InChI=1S/C16H28ClN5OS/c1-5-8-22(9-6-2)14-11-13(17)19-16(20-14)24-12-15(23)18-7-10-21(3)4/h11H,5-10,12H2,1-4H3,(H,18,23). The lowest BCUT2D eigenvalue weighted by atomic mass is 10.3. The van der Waals surface area contributed by atoms with Crippen LogP contribution in [0.4, 0.5) is 5.82 Å². The topological polar surface area (TPSA) is 61.4 Å². The fourth-order valence-corrected chi connectivity index (χ4v) is 3.00. The van der Waals surface area contributed by atoms with Crippen LogP contribution in [0.25, 0.3) is 0 Å². The number of likely N-dealkylation sites (N-methyl/N-ethyl adjacent to an activating group) is 1. The largest absolute Gasteiger partial charge is 0.356 e. The van der Waals surface area contributed by atoms with Crippen molar-refractivity contribution in [3.63, 3.8) is 0 Å². The number of carbonyl (C=O) groups excluding carboxylic acids is 1. The Balaban J connectivity index is 2.63. The predicted octanol–water partition coefficient (Wildman–Crippen LogP) is 2.53. The first kappa shape index (κ1) is 21.0. The van der Waals surface area contributed by atoms with Gasteiger partial charge in [0.05, 0.1) is 5.75 Å². The highest BCUT2D eigenvalue weighted by molar-refractivity contribution is 7.99. The summed E-state index contributed by atoms with van der Waals surface area (Å²) in [7, 11) is 3.95. The minimum absolute atomic E-state index is 0.0223. The number of thioether (sulfide) groups is 1. The molecule has 1 rings (SSSR count). The fraction of sp³-hybridized carbons (Fsp3) is 0.688. The van der Waals surface area contributed by atoms with E-state index in [2.05, 4.69) is 34.0 Å². The van der Waals surface area contributed by atoms with Crippen LogP contribution >= 0.6 is 23.4 Å². The first-order valence-corrected chi connectivity index (χ1v) is 9.66. The van der Waals surface area contributed by atoms with E-state index >= 15 is 0 Å². The van der Waals surface area contributed by atoms with Crippen molar-refractivity contribution in [1.29, 1.82) is 0 Å². The highest BCUT2D eigenvalue weighted by Crippen LogP contribution is 2.22. The van der Waals surface area contributed by atoms with Gasteiger partial charge in [-0.25, -0.2) is 9.97 Å². The van der Waals surface area contributed by atoms with Crippen molar-refractivity contribution in [3.8, 4) is 0 Å². The van der Waals surface area contributed by atoms with Crippen LogP contribution in [0.1, 0.15) is 26.7 Å². The van der Waals surface area contributed by atoms with Gasteiger partial charge in [0.2, 0.25) is 5.91 Å². The Morgan fingerprint density at radius 2 is 1.88 bits per heavy atom. The summed E-state index contributed by atoms with van der Waals surface area (Å²) < 4.78 is 0. The van der Waals surface area contributed by atoms with Crippen molar-refractivity contribution in [1.82, 2.24) is 20.2 Å². The Kier molecular flexibility index (Phi) is 10.1. The number of rotatable bonds is 11. The Bertz CT molecular complexity index is 509. The summed E-state index contributed by atoms with van der Waals surface area (Å²) in [4.78, 5) is 24.9. The average Bonchev–Trinajstić information content (AvgIpc) is 2.52. The predicted molar refractivity (Wildman–Crippen MR) is 102 cm³/mol. The van der Waals surface area contributed by atoms with Gasteiger partial charge in [0, 0.05) is 32.2 Å². The van der Waals surface area contributed by atoms with Gasteiger partial charge in [-0.15, -0.1) is 0 Å². The van der Waals surface area contributed by atoms with E-state index in [0.29, 0.717) is 16.9 Å². The molecule has 0 aliphatic heterocycles. The second kappa shape index (κ2) is 11.5. The van der Waals surface area contributed by atoms with Crippen molar-refractivity contribution < 1.29 is 4.79 Å². The smallest absolute Gasteiger partial charge is 0.230 e. The fourth-order valence-electron chi connectivity index (χ4n) is 2.09. The lowest BCUT2D eigenvalue weighted by molar-refractivity contribution is -0.118. The van der Waals surface area contributed by atoms with Gasteiger partial charge in [-0.05, 0) is 26.9 Å². The highest BCUT2D eigenvalue weighted by atomic mass is 35.5. The van der Waals surface area contributed by atoms with Gasteiger partial charge in [-0.3, -0.25) is 4.79 Å². The monoisotopic (exact) mass is 373 g/mol. The molecule has 6 nitrogen and oxygen atoms in total. The molecule has 8 heteroatoms. The Labute approximate surface area is 154 Å². The molecule has 0 atom stereocenters. The van der Waals surface area contributed by atoms with Gasteiger partial charge in [0.15, 0.2) is 5.16 Å². The number of hydrogen-bond donors (Lipinski definition) is 1. The number of anilines is 1. The number of halogens is 1. The van der Waals surface area contributed by atoms with Gasteiger partial charge in [-0.1, -0.05) is 37.2 Å². The minimum Gasteiger partial charge on any atom is -0.356 e. The maximum Gasteiger partial charge on any atom is 0.230 e. The summed E-state index contributed by atoms with van der Waals surface area (Å²) in [6.45, 7) is 7.58. The molecule has 0 spiro atoms. The van der Waals surface area contributed by atoms with E-state index in [0.717, 1.165) is 38.3 Å². The number of aromatic nitrogens is 2. The van der Waals surface area contributed by atoms with Gasteiger partial charge >= 0.3 is 0 Å². The zero-order chi connectivity index (χ0) is 17.9. The quantitative estimate of drug-likeness (QED) is 0.365. The van der Waals surface area contributed by atoms with Crippen LogP contribution in [0.3, 0.4) is 0 Å². The van der Waals surface area contributed by atoms with Crippen molar-refractivity contribution >= 4 is 35.1 Å². The second-order valence-corrected chi connectivity index (χ2v) is 7.09. The summed E-state index contributed by atoms with van der Waals surface area (Å²) in [6, 6.07) is 1.79. The molecule has 0 saturated heterocycles. The molecule has 0 aromatic carbocycles. The Morgan fingerprint density at radius 3 is 2.46 bits per heavy atom. The zero-order valence-corrected chi connectivity index (χ0v) is 16.6. The number of amides is 1. The van der Waals surface area contributed by atoms with Crippen molar-refractivity contribution in [2.75, 3.05) is 50.9 Å². The molecule has 0 unspecified atom stereocenters. The molecule has 1 heterocycles. The summed E-state index contributed by atoms with van der Waals surface area (Å²) in [6.07, 6.45) is 2.08. The molecule has 1 amide bonds. The van der Waals surface area contributed by atoms with Crippen LogP contribution in [0.5, 0.6) is 0 Å². The van der Waals surface area contributed by atoms with E-state index in [-0.39, 0.29) is 11.7 Å². The lowest BCUT2D eigenvalue weighted by Gasteiger charge is -2.22.